The number of benzene rings is 1. The van der Waals surface area contributed by atoms with Crippen molar-refractivity contribution < 1.29 is 9.66 Å². The Labute approximate surface area is 120 Å². The van der Waals surface area contributed by atoms with Crippen molar-refractivity contribution in [2.45, 2.75) is 19.4 Å². The summed E-state index contributed by atoms with van der Waals surface area (Å²) >= 11 is 0. The third kappa shape index (κ3) is 3.34. The highest BCUT2D eigenvalue weighted by atomic mass is 16.6. The minimum absolute atomic E-state index is 0.0110. The number of rotatable bonds is 6. The van der Waals surface area contributed by atoms with E-state index in [-0.39, 0.29) is 17.1 Å². The number of nitro benzene ring substituents is 1. The molecule has 1 unspecified atom stereocenters. The Bertz CT molecular complexity index is 713. The molecular formula is C13H16N4O4. The van der Waals surface area contributed by atoms with Crippen LogP contribution in [0.25, 0.3) is 10.9 Å². The van der Waals surface area contributed by atoms with Gasteiger partial charge in [0.2, 0.25) is 0 Å². The molecule has 0 saturated carbocycles. The quantitative estimate of drug-likeness (QED) is 0.619. The minimum atomic E-state index is -0.517. The molecular weight excluding hydrogens is 276 g/mol. The van der Waals surface area contributed by atoms with Gasteiger partial charge in [0.1, 0.15) is 5.69 Å². The van der Waals surface area contributed by atoms with Gasteiger partial charge in [0.25, 0.3) is 11.2 Å². The van der Waals surface area contributed by atoms with Crippen LogP contribution in [-0.4, -0.2) is 34.6 Å². The van der Waals surface area contributed by atoms with Gasteiger partial charge in [0.15, 0.2) is 0 Å². The highest BCUT2D eigenvalue weighted by molar-refractivity contribution is 5.86. The zero-order chi connectivity index (χ0) is 15.4. The maximum Gasteiger partial charge on any atom is 0.293 e. The van der Waals surface area contributed by atoms with Crippen LogP contribution in [0, 0.1) is 10.1 Å². The molecule has 112 valence electrons. The summed E-state index contributed by atoms with van der Waals surface area (Å²) in [6.45, 7) is 2.45. The Balaban J connectivity index is 2.44. The summed E-state index contributed by atoms with van der Waals surface area (Å²) in [5, 5.41) is 14.4. The van der Waals surface area contributed by atoms with Gasteiger partial charge in [0, 0.05) is 25.8 Å². The van der Waals surface area contributed by atoms with E-state index in [4.69, 9.17) is 4.74 Å². The molecule has 1 aromatic carbocycles. The molecule has 0 radical (unpaired) electrons. The van der Waals surface area contributed by atoms with Crippen molar-refractivity contribution in [2.24, 2.45) is 0 Å². The van der Waals surface area contributed by atoms with Gasteiger partial charge in [-0.3, -0.25) is 14.9 Å². The van der Waals surface area contributed by atoms with Crippen LogP contribution in [0.3, 0.4) is 0 Å². The fourth-order valence-electron chi connectivity index (χ4n) is 2.00. The van der Waals surface area contributed by atoms with Crippen molar-refractivity contribution in [1.82, 2.24) is 9.97 Å². The first-order valence-corrected chi connectivity index (χ1v) is 6.44. The van der Waals surface area contributed by atoms with E-state index in [0.717, 1.165) is 0 Å². The van der Waals surface area contributed by atoms with Crippen molar-refractivity contribution in [3.63, 3.8) is 0 Å². The number of H-pyrrole nitrogens is 1. The molecule has 0 saturated heterocycles. The second kappa shape index (κ2) is 6.31. The number of hydrogen-bond donors (Lipinski definition) is 2. The zero-order valence-electron chi connectivity index (χ0n) is 11.8. The van der Waals surface area contributed by atoms with Crippen LogP contribution in [0.1, 0.15) is 13.3 Å². The lowest BCUT2D eigenvalue weighted by Gasteiger charge is -2.15. The molecule has 0 spiro atoms. The second-order valence-electron chi connectivity index (χ2n) is 4.70. The van der Waals surface area contributed by atoms with E-state index < -0.39 is 10.5 Å². The van der Waals surface area contributed by atoms with Crippen LogP contribution >= 0.6 is 0 Å². The van der Waals surface area contributed by atoms with Crippen molar-refractivity contribution in [3.8, 4) is 0 Å². The Morgan fingerprint density at radius 3 is 2.95 bits per heavy atom. The number of aromatic amines is 1. The lowest BCUT2D eigenvalue weighted by Crippen LogP contribution is -2.18. The van der Waals surface area contributed by atoms with E-state index in [1.54, 1.807) is 7.11 Å². The van der Waals surface area contributed by atoms with Gasteiger partial charge in [-0.15, -0.1) is 0 Å². The van der Waals surface area contributed by atoms with Gasteiger partial charge < -0.3 is 15.0 Å². The van der Waals surface area contributed by atoms with Gasteiger partial charge in [-0.2, -0.15) is 0 Å². The molecule has 2 N–H and O–H groups in total. The van der Waals surface area contributed by atoms with Crippen LogP contribution < -0.4 is 10.9 Å². The molecule has 0 aliphatic heterocycles. The molecule has 2 rings (SSSR count). The van der Waals surface area contributed by atoms with Crippen LogP contribution in [0.2, 0.25) is 0 Å². The number of methoxy groups -OCH3 is 1. The maximum atomic E-state index is 11.7. The molecule has 1 heterocycles. The lowest BCUT2D eigenvalue weighted by atomic mass is 10.1. The first-order valence-electron chi connectivity index (χ1n) is 6.44. The number of ether oxygens (including phenoxy) is 1. The van der Waals surface area contributed by atoms with Gasteiger partial charge in [-0.05, 0) is 19.4 Å². The van der Waals surface area contributed by atoms with E-state index in [0.29, 0.717) is 24.2 Å². The van der Waals surface area contributed by atoms with E-state index in [1.807, 2.05) is 6.92 Å². The number of nitro groups is 1. The summed E-state index contributed by atoms with van der Waals surface area (Å²) in [7, 11) is 1.60. The van der Waals surface area contributed by atoms with E-state index in [1.165, 1.54) is 18.5 Å². The van der Waals surface area contributed by atoms with Crippen LogP contribution in [-0.2, 0) is 4.74 Å². The third-order valence-corrected chi connectivity index (χ3v) is 3.11. The normalized spacial score (nSPS) is 12.3. The molecule has 0 bridgehead atoms. The molecule has 8 nitrogen and oxygen atoms in total. The Hall–Kier alpha value is -2.48. The Kier molecular flexibility index (Phi) is 4.49. The van der Waals surface area contributed by atoms with Crippen molar-refractivity contribution in [2.75, 3.05) is 19.0 Å². The number of hydrogen-bond acceptors (Lipinski definition) is 6. The average molecular weight is 292 g/mol. The summed E-state index contributed by atoms with van der Waals surface area (Å²) < 4.78 is 4.98. The fourth-order valence-corrected chi connectivity index (χ4v) is 2.00. The fraction of sp³-hybridized carbons (Fsp3) is 0.385. The highest BCUT2D eigenvalue weighted by Gasteiger charge is 2.18. The first kappa shape index (κ1) is 14.9. The summed E-state index contributed by atoms with van der Waals surface area (Å²) in [6, 6.07) is 2.75. The molecule has 1 aromatic heterocycles. The van der Waals surface area contributed by atoms with Crippen LogP contribution in [0.4, 0.5) is 11.4 Å². The van der Waals surface area contributed by atoms with Crippen molar-refractivity contribution in [3.05, 3.63) is 38.9 Å². The second-order valence-corrected chi connectivity index (χ2v) is 4.70. The summed E-state index contributed by atoms with van der Waals surface area (Å²) in [4.78, 5) is 28.8. The standard InChI is InChI=1S/C13H16N4O4/c1-8(3-4-21-2)16-11-6-10-9(5-12(11)17(19)20)13(18)15-7-14-10/h5-8,16H,3-4H2,1-2H3,(H,14,15,18). The van der Waals surface area contributed by atoms with Gasteiger partial charge >= 0.3 is 0 Å². The predicted octanol–water partition coefficient (Wildman–Crippen LogP) is 1.67. The third-order valence-electron chi connectivity index (χ3n) is 3.11. The predicted molar refractivity (Wildman–Crippen MR) is 78.6 cm³/mol. The van der Waals surface area contributed by atoms with E-state index >= 15 is 0 Å². The number of nitrogens with one attached hydrogen (secondary N) is 2. The molecule has 21 heavy (non-hydrogen) atoms. The monoisotopic (exact) mass is 292 g/mol. The van der Waals surface area contributed by atoms with Gasteiger partial charge in [-0.25, -0.2) is 4.98 Å². The Morgan fingerprint density at radius 1 is 1.52 bits per heavy atom. The Morgan fingerprint density at radius 2 is 2.29 bits per heavy atom. The smallest absolute Gasteiger partial charge is 0.293 e. The number of aromatic nitrogens is 2. The molecule has 0 aliphatic rings. The summed E-state index contributed by atoms with van der Waals surface area (Å²) in [6.07, 6.45) is 1.98. The molecule has 1 atom stereocenters. The summed E-state index contributed by atoms with van der Waals surface area (Å²) in [5.41, 5.74) is 0.201. The van der Waals surface area contributed by atoms with Gasteiger partial charge in [0.05, 0.1) is 22.2 Å². The summed E-state index contributed by atoms with van der Waals surface area (Å²) in [5.74, 6) is 0. The van der Waals surface area contributed by atoms with Gasteiger partial charge in [-0.1, -0.05) is 0 Å². The average Bonchev–Trinajstić information content (AvgIpc) is 2.44. The minimum Gasteiger partial charge on any atom is -0.385 e. The maximum absolute atomic E-state index is 11.7. The van der Waals surface area contributed by atoms with Crippen molar-refractivity contribution in [1.29, 1.82) is 0 Å². The molecule has 0 fully saturated rings. The molecule has 0 aliphatic carbocycles. The largest absolute Gasteiger partial charge is 0.385 e. The van der Waals surface area contributed by atoms with Crippen LogP contribution in [0.15, 0.2) is 23.3 Å². The zero-order valence-corrected chi connectivity index (χ0v) is 11.8. The molecule has 2 aromatic rings. The van der Waals surface area contributed by atoms with Crippen LogP contribution in [0.5, 0.6) is 0 Å². The van der Waals surface area contributed by atoms with E-state index in [9.17, 15) is 14.9 Å². The lowest BCUT2D eigenvalue weighted by molar-refractivity contribution is -0.383. The highest BCUT2D eigenvalue weighted by Crippen LogP contribution is 2.28. The number of fused-ring (bicyclic) bond motifs is 1. The first-order chi connectivity index (χ1) is 10.0. The SMILES string of the molecule is COCCC(C)Nc1cc2nc[nH]c(=O)c2cc1[N+](=O)[O-]. The van der Waals surface area contributed by atoms with E-state index in [2.05, 4.69) is 15.3 Å². The molecule has 0 amide bonds. The topological polar surface area (TPSA) is 110 Å². The number of nitrogens with zero attached hydrogens (tertiary/aromatic N) is 2. The van der Waals surface area contributed by atoms with Crippen molar-refractivity contribution >= 4 is 22.3 Å². The number of anilines is 1. The molecule has 8 heteroatoms.